The highest BCUT2D eigenvalue weighted by Gasteiger charge is 2.08. The Hall–Kier alpha value is -2.82. The zero-order valence-corrected chi connectivity index (χ0v) is 13.6. The van der Waals surface area contributed by atoms with Crippen molar-refractivity contribution < 1.29 is 4.74 Å². The quantitative estimate of drug-likeness (QED) is 0.783. The lowest BCUT2D eigenvalue weighted by Gasteiger charge is -2.15. The molecule has 0 amide bonds. The summed E-state index contributed by atoms with van der Waals surface area (Å²) >= 11 is 0. The fraction of sp³-hybridized carbons (Fsp3) is 0.222. The third kappa shape index (κ3) is 3.34. The molecule has 5 nitrogen and oxygen atoms in total. The number of nitrogens with zero attached hydrogens (tertiary/aromatic N) is 3. The number of hydrogen-bond donors (Lipinski definition) is 1. The van der Waals surface area contributed by atoms with Gasteiger partial charge < -0.3 is 15.0 Å². The van der Waals surface area contributed by atoms with Crippen LogP contribution < -0.4 is 15.0 Å². The molecule has 0 bridgehead atoms. The number of nitrogens with one attached hydrogen (secondary N) is 1. The minimum Gasteiger partial charge on any atom is -0.497 e. The molecular weight excluding hydrogens is 288 g/mol. The van der Waals surface area contributed by atoms with E-state index in [4.69, 9.17) is 4.74 Å². The van der Waals surface area contributed by atoms with Gasteiger partial charge in [-0.15, -0.1) is 0 Å². The van der Waals surface area contributed by atoms with Gasteiger partial charge in [-0.2, -0.15) is 4.98 Å². The van der Waals surface area contributed by atoms with E-state index in [0.717, 1.165) is 22.5 Å². The van der Waals surface area contributed by atoms with Gasteiger partial charge in [0.15, 0.2) is 0 Å². The zero-order chi connectivity index (χ0) is 16.2. The van der Waals surface area contributed by atoms with Crippen LogP contribution in [0.4, 0.5) is 11.8 Å². The Labute approximate surface area is 135 Å². The molecule has 118 valence electrons. The predicted octanol–water partition coefficient (Wildman–Crippen LogP) is 3.32. The van der Waals surface area contributed by atoms with Gasteiger partial charge in [0.05, 0.1) is 12.6 Å². The van der Waals surface area contributed by atoms with Crippen LogP contribution in [0.3, 0.4) is 0 Å². The summed E-state index contributed by atoms with van der Waals surface area (Å²) in [5.41, 5.74) is 2.10. The molecule has 1 heterocycles. The van der Waals surface area contributed by atoms with Gasteiger partial charge in [0.1, 0.15) is 11.6 Å². The highest BCUT2D eigenvalue weighted by Crippen LogP contribution is 2.23. The Bertz CT molecular complexity index is 800. The van der Waals surface area contributed by atoms with E-state index in [1.807, 2.05) is 67.5 Å². The number of benzene rings is 2. The van der Waals surface area contributed by atoms with E-state index in [1.54, 1.807) is 7.11 Å². The van der Waals surface area contributed by atoms with Gasteiger partial charge >= 0.3 is 0 Å². The summed E-state index contributed by atoms with van der Waals surface area (Å²) in [7, 11) is 5.55. The lowest BCUT2D eigenvalue weighted by atomic mass is 10.2. The van der Waals surface area contributed by atoms with E-state index in [-0.39, 0.29) is 0 Å². The number of hydrogen-bond acceptors (Lipinski definition) is 5. The van der Waals surface area contributed by atoms with Crippen LogP contribution in [0.25, 0.3) is 10.9 Å². The van der Waals surface area contributed by atoms with Crippen LogP contribution in [0.5, 0.6) is 5.75 Å². The number of fused-ring (bicyclic) bond motifs is 1. The first-order chi connectivity index (χ1) is 11.2. The predicted molar refractivity (Wildman–Crippen MR) is 94.2 cm³/mol. The molecule has 0 spiro atoms. The highest BCUT2D eigenvalue weighted by molar-refractivity contribution is 5.90. The van der Waals surface area contributed by atoms with Crippen molar-refractivity contribution in [2.24, 2.45) is 0 Å². The van der Waals surface area contributed by atoms with E-state index >= 15 is 0 Å². The van der Waals surface area contributed by atoms with Gasteiger partial charge in [-0.05, 0) is 29.8 Å². The van der Waals surface area contributed by atoms with Crippen molar-refractivity contribution in [2.75, 3.05) is 31.4 Å². The molecule has 1 N–H and O–H groups in total. The van der Waals surface area contributed by atoms with Crippen molar-refractivity contribution in [3.8, 4) is 5.75 Å². The standard InChI is InChI=1S/C18H20N4O/c1-22(2)18-20-16-7-5-4-6-15(16)17(21-18)19-12-13-8-10-14(23-3)11-9-13/h4-11H,12H2,1-3H3,(H,19,20,21). The Kier molecular flexibility index (Phi) is 4.28. The van der Waals surface area contributed by atoms with Crippen LogP contribution in [0, 0.1) is 0 Å². The summed E-state index contributed by atoms with van der Waals surface area (Å²) in [4.78, 5) is 11.1. The Balaban J connectivity index is 1.88. The molecule has 0 radical (unpaired) electrons. The fourth-order valence-electron chi connectivity index (χ4n) is 2.33. The average Bonchev–Trinajstić information content (AvgIpc) is 2.59. The molecule has 5 heteroatoms. The molecule has 0 aliphatic heterocycles. The van der Waals surface area contributed by atoms with Crippen molar-refractivity contribution in [3.05, 3.63) is 54.1 Å². The third-order valence-electron chi connectivity index (χ3n) is 3.61. The molecule has 0 fully saturated rings. The molecule has 3 rings (SSSR count). The van der Waals surface area contributed by atoms with E-state index in [1.165, 1.54) is 5.56 Å². The second-order valence-electron chi connectivity index (χ2n) is 5.49. The van der Waals surface area contributed by atoms with Gasteiger partial charge in [-0.1, -0.05) is 24.3 Å². The molecule has 0 saturated carbocycles. The van der Waals surface area contributed by atoms with Gasteiger partial charge in [0.25, 0.3) is 0 Å². The minimum atomic E-state index is 0.692. The third-order valence-corrected chi connectivity index (χ3v) is 3.61. The van der Waals surface area contributed by atoms with Crippen LogP contribution in [-0.4, -0.2) is 31.2 Å². The van der Waals surface area contributed by atoms with Crippen LogP contribution in [-0.2, 0) is 6.54 Å². The van der Waals surface area contributed by atoms with Crippen LogP contribution in [0.15, 0.2) is 48.5 Å². The van der Waals surface area contributed by atoms with Crippen LogP contribution in [0.1, 0.15) is 5.56 Å². The molecule has 0 unspecified atom stereocenters. The zero-order valence-electron chi connectivity index (χ0n) is 13.6. The van der Waals surface area contributed by atoms with E-state index in [0.29, 0.717) is 12.5 Å². The van der Waals surface area contributed by atoms with Gasteiger partial charge in [0.2, 0.25) is 5.95 Å². The van der Waals surface area contributed by atoms with Gasteiger partial charge in [-0.3, -0.25) is 0 Å². The Morgan fingerprint density at radius 3 is 2.43 bits per heavy atom. The summed E-state index contributed by atoms with van der Waals surface area (Å²) in [5, 5.41) is 4.44. The summed E-state index contributed by atoms with van der Waals surface area (Å²) in [6, 6.07) is 16.0. The Morgan fingerprint density at radius 1 is 1.00 bits per heavy atom. The summed E-state index contributed by atoms with van der Waals surface area (Å²) in [6.45, 7) is 0.692. The average molecular weight is 308 g/mol. The van der Waals surface area contributed by atoms with Crippen molar-refractivity contribution >= 4 is 22.7 Å². The summed E-state index contributed by atoms with van der Waals surface area (Å²) in [5.74, 6) is 2.40. The first-order valence-corrected chi connectivity index (χ1v) is 7.48. The maximum absolute atomic E-state index is 5.19. The second kappa shape index (κ2) is 6.52. The van der Waals surface area contributed by atoms with Crippen molar-refractivity contribution in [1.29, 1.82) is 0 Å². The van der Waals surface area contributed by atoms with Crippen molar-refractivity contribution in [3.63, 3.8) is 0 Å². The molecule has 0 atom stereocenters. The van der Waals surface area contributed by atoms with E-state index < -0.39 is 0 Å². The molecule has 23 heavy (non-hydrogen) atoms. The number of para-hydroxylation sites is 1. The smallest absolute Gasteiger partial charge is 0.227 e. The monoisotopic (exact) mass is 308 g/mol. The Morgan fingerprint density at radius 2 is 1.74 bits per heavy atom. The lowest BCUT2D eigenvalue weighted by Crippen LogP contribution is -2.14. The number of methoxy groups -OCH3 is 1. The van der Waals surface area contributed by atoms with Gasteiger partial charge in [-0.25, -0.2) is 4.98 Å². The second-order valence-corrected chi connectivity index (χ2v) is 5.49. The van der Waals surface area contributed by atoms with Crippen molar-refractivity contribution in [2.45, 2.75) is 6.54 Å². The molecule has 0 aliphatic rings. The molecule has 0 saturated heterocycles. The highest BCUT2D eigenvalue weighted by atomic mass is 16.5. The SMILES string of the molecule is COc1ccc(CNc2nc(N(C)C)nc3ccccc23)cc1. The molecular formula is C18H20N4O. The molecule has 0 aliphatic carbocycles. The lowest BCUT2D eigenvalue weighted by molar-refractivity contribution is 0.414. The normalized spacial score (nSPS) is 10.6. The molecule has 3 aromatic rings. The van der Waals surface area contributed by atoms with E-state index in [2.05, 4.69) is 15.3 Å². The van der Waals surface area contributed by atoms with Gasteiger partial charge in [0, 0.05) is 26.0 Å². The number of anilines is 2. The van der Waals surface area contributed by atoms with Crippen LogP contribution in [0.2, 0.25) is 0 Å². The topological polar surface area (TPSA) is 50.3 Å². The van der Waals surface area contributed by atoms with Crippen LogP contribution >= 0.6 is 0 Å². The van der Waals surface area contributed by atoms with E-state index in [9.17, 15) is 0 Å². The summed E-state index contributed by atoms with van der Waals surface area (Å²) in [6.07, 6.45) is 0. The number of aromatic nitrogens is 2. The first-order valence-electron chi connectivity index (χ1n) is 7.48. The number of ether oxygens (including phenoxy) is 1. The fourth-order valence-corrected chi connectivity index (χ4v) is 2.33. The molecule has 1 aromatic heterocycles. The maximum atomic E-state index is 5.19. The first kappa shape index (κ1) is 15.1. The minimum absolute atomic E-state index is 0.692. The summed E-state index contributed by atoms with van der Waals surface area (Å²) < 4.78 is 5.19. The number of rotatable bonds is 5. The van der Waals surface area contributed by atoms with Crippen molar-refractivity contribution in [1.82, 2.24) is 9.97 Å². The molecule has 2 aromatic carbocycles. The maximum Gasteiger partial charge on any atom is 0.227 e. The largest absolute Gasteiger partial charge is 0.497 e.